The van der Waals surface area contributed by atoms with Crippen LogP contribution in [0.5, 0.6) is 0 Å². The van der Waals surface area contributed by atoms with Gasteiger partial charge in [-0.25, -0.2) is 0 Å². The zero-order valence-corrected chi connectivity index (χ0v) is 10.2. The predicted molar refractivity (Wildman–Crippen MR) is 65.1 cm³/mol. The van der Waals surface area contributed by atoms with Crippen molar-refractivity contribution in [3.63, 3.8) is 0 Å². The lowest BCUT2D eigenvalue weighted by Crippen LogP contribution is -2.32. The van der Waals surface area contributed by atoms with Gasteiger partial charge in [0.05, 0.1) is 10.5 Å². The molecule has 0 aromatic heterocycles. The highest BCUT2D eigenvalue weighted by atomic mass is 16.6. The van der Waals surface area contributed by atoms with Gasteiger partial charge in [-0.3, -0.25) is 10.1 Å². The highest BCUT2D eigenvalue weighted by Gasteiger charge is 2.29. The van der Waals surface area contributed by atoms with E-state index in [-0.39, 0.29) is 16.2 Å². The largest absolute Gasteiger partial charge is 0.376 e. The van der Waals surface area contributed by atoms with Crippen molar-refractivity contribution in [2.75, 3.05) is 6.61 Å². The number of rotatable bonds is 2. The molecule has 2 rings (SSSR count). The molecule has 1 atom stereocenters. The molecule has 1 saturated heterocycles. The minimum absolute atomic E-state index is 0.0926. The molecule has 1 aromatic carbocycles. The molecule has 1 aliphatic heterocycles. The van der Waals surface area contributed by atoms with Crippen molar-refractivity contribution in [3.05, 3.63) is 39.9 Å². The molecule has 1 aliphatic rings. The van der Waals surface area contributed by atoms with Crippen molar-refractivity contribution >= 4 is 5.69 Å². The number of hydrogen-bond acceptors (Lipinski definition) is 3. The second-order valence-corrected chi connectivity index (χ2v) is 5.15. The molecule has 0 spiro atoms. The van der Waals surface area contributed by atoms with E-state index in [4.69, 9.17) is 4.74 Å². The molecule has 1 heterocycles. The monoisotopic (exact) mass is 235 g/mol. The van der Waals surface area contributed by atoms with Gasteiger partial charge < -0.3 is 4.74 Å². The van der Waals surface area contributed by atoms with E-state index in [1.165, 1.54) is 5.56 Å². The van der Waals surface area contributed by atoms with E-state index in [0.29, 0.717) is 5.92 Å². The first kappa shape index (κ1) is 12.0. The maximum absolute atomic E-state index is 10.6. The first-order chi connectivity index (χ1) is 7.98. The summed E-state index contributed by atoms with van der Waals surface area (Å²) in [5.41, 5.74) is 1.23. The second-order valence-electron chi connectivity index (χ2n) is 5.15. The van der Waals surface area contributed by atoms with Gasteiger partial charge in [-0.2, -0.15) is 0 Å². The summed E-state index contributed by atoms with van der Waals surface area (Å²) >= 11 is 0. The van der Waals surface area contributed by atoms with Crippen molar-refractivity contribution in [2.45, 2.75) is 38.2 Å². The molecule has 92 valence electrons. The third kappa shape index (κ3) is 2.82. The van der Waals surface area contributed by atoms with Gasteiger partial charge in [0, 0.05) is 18.7 Å². The summed E-state index contributed by atoms with van der Waals surface area (Å²) < 4.78 is 5.67. The molecule has 0 saturated carbocycles. The van der Waals surface area contributed by atoms with Crippen molar-refractivity contribution < 1.29 is 9.66 Å². The SMILES string of the molecule is CC1(C)CC(c2ccc([N+](=O)[O-])cc2)CCO1. The number of non-ortho nitro benzene ring substituents is 1. The molecule has 4 heteroatoms. The van der Waals surface area contributed by atoms with E-state index in [2.05, 4.69) is 13.8 Å². The summed E-state index contributed by atoms with van der Waals surface area (Å²) in [7, 11) is 0. The Morgan fingerprint density at radius 2 is 2.00 bits per heavy atom. The number of nitrogens with zero attached hydrogens (tertiary/aromatic N) is 1. The van der Waals surface area contributed by atoms with Crippen LogP contribution in [-0.2, 0) is 4.74 Å². The molecule has 1 fully saturated rings. The first-order valence-electron chi connectivity index (χ1n) is 5.86. The normalized spacial score (nSPS) is 23.3. The maximum Gasteiger partial charge on any atom is 0.269 e. The van der Waals surface area contributed by atoms with E-state index < -0.39 is 0 Å². The quantitative estimate of drug-likeness (QED) is 0.584. The van der Waals surface area contributed by atoms with Crippen molar-refractivity contribution in [3.8, 4) is 0 Å². The van der Waals surface area contributed by atoms with Gasteiger partial charge in [-0.15, -0.1) is 0 Å². The molecule has 1 aromatic rings. The fraction of sp³-hybridized carbons (Fsp3) is 0.538. The number of ether oxygens (including phenoxy) is 1. The molecular formula is C13H17NO3. The van der Waals surface area contributed by atoms with E-state index in [1.54, 1.807) is 12.1 Å². The number of nitro groups is 1. The van der Waals surface area contributed by atoms with Crippen molar-refractivity contribution in [2.24, 2.45) is 0 Å². The molecule has 0 aliphatic carbocycles. The van der Waals surface area contributed by atoms with Crippen molar-refractivity contribution in [1.82, 2.24) is 0 Å². The minimum Gasteiger partial charge on any atom is -0.376 e. The predicted octanol–water partition coefficient (Wildman–Crippen LogP) is 3.27. The van der Waals surface area contributed by atoms with Crippen LogP contribution < -0.4 is 0 Å². The van der Waals surface area contributed by atoms with E-state index in [9.17, 15) is 10.1 Å². The Labute approximate surface area is 101 Å². The highest BCUT2D eigenvalue weighted by molar-refractivity contribution is 5.34. The van der Waals surface area contributed by atoms with Crippen LogP contribution in [0.15, 0.2) is 24.3 Å². The minimum atomic E-state index is -0.363. The first-order valence-corrected chi connectivity index (χ1v) is 5.86. The van der Waals surface area contributed by atoms with Gasteiger partial charge in [0.1, 0.15) is 0 Å². The van der Waals surface area contributed by atoms with Gasteiger partial charge in [-0.05, 0) is 38.2 Å². The lowest BCUT2D eigenvalue weighted by atomic mass is 9.83. The third-order valence-electron chi connectivity index (χ3n) is 3.27. The Hall–Kier alpha value is -1.42. The topological polar surface area (TPSA) is 52.4 Å². The second kappa shape index (κ2) is 4.45. The molecule has 0 N–H and O–H groups in total. The lowest BCUT2D eigenvalue weighted by molar-refractivity contribution is -0.384. The standard InChI is InChI=1S/C13H17NO3/c1-13(2)9-11(7-8-17-13)10-3-5-12(6-4-10)14(15)16/h3-6,11H,7-9H2,1-2H3. The van der Waals surface area contributed by atoms with Crippen LogP contribution in [0.3, 0.4) is 0 Å². The van der Waals surface area contributed by atoms with Crippen LogP contribution in [0.25, 0.3) is 0 Å². The van der Waals surface area contributed by atoms with Crippen LogP contribution >= 0.6 is 0 Å². The summed E-state index contributed by atoms with van der Waals surface area (Å²) in [6.07, 6.45) is 1.95. The summed E-state index contributed by atoms with van der Waals surface area (Å²) in [6, 6.07) is 6.89. The van der Waals surface area contributed by atoms with E-state index in [0.717, 1.165) is 19.4 Å². The highest BCUT2D eigenvalue weighted by Crippen LogP contribution is 2.35. The zero-order chi connectivity index (χ0) is 12.5. The maximum atomic E-state index is 10.6. The summed E-state index contributed by atoms with van der Waals surface area (Å²) in [6.45, 7) is 4.93. The van der Waals surface area contributed by atoms with Gasteiger partial charge in [0.15, 0.2) is 0 Å². The molecular weight excluding hydrogens is 218 g/mol. The molecule has 4 nitrogen and oxygen atoms in total. The average Bonchev–Trinajstić information content (AvgIpc) is 2.28. The fourth-order valence-electron chi connectivity index (χ4n) is 2.38. The zero-order valence-electron chi connectivity index (χ0n) is 10.2. The van der Waals surface area contributed by atoms with E-state index in [1.807, 2.05) is 12.1 Å². The van der Waals surface area contributed by atoms with Crippen LogP contribution in [0.2, 0.25) is 0 Å². The van der Waals surface area contributed by atoms with Crippen LogP contribution in [0, 0.1) is 10.1 Å². The molecule has 1 unspecified atom stereocenters. The summed E-state index contributed by atoms with van der Waals surface area (Å²) in [4.78, 5) is 10.2. The Balaban J connectivity index is 2.14. The fourth-order valence-corrected chi connectivity index (χ4v) is 2.38. The third-order valence-corrected chi connectivity index (χ3v) is 3.27. The number of benzene rings is 1. The molecule has 17 heavy (non-hydrogen) atoms. The van der Waals surface area contributed by atoms with E-state index >= 15 is 0 Å². The average molecular weight is 235 g/mol. The Kier molecular flexibility index (Phi) is 3.15. The smallest absolute Gasteiger partial charge is 0.269 e. The van der Waals surface area contributed by atoms with Gasteiger partial charge in [-0.1, -0.05) is 12.1 Å². The van der Waals surface area contributed by atoms with Gasteiger partial charge in [0.25, 0.3) is 5.69 Å². The van der Waals surface area contributed by atoms with Crippen LogP contribution in [-0.4, -0.2) is 17.1 Å². The lowest BCUT2D eigenvalue weighted by Gasteiger charge is -2.35. The van der Waals surface area contributed by atoms with Crippen molar-refractivity contribution in [1.29, 1.82) is 0 Å². The van der Waals surface area contributed by atoms with Gasteiger partial charge in [0.2, 0.25) is 0 Å². The summed E-state index contributed by atoms with van der Waals surface area (Å²) in [5, 5.41) is 10.6. The molecule has 0 bridgehead atoms. The number of nitro benzene ring substituents is 1. The Bertz CT molecular complexity index is 411. The van der Waals surface area contributed by atoms with Gasteiger partial charge >= 0.3 is 0 Å². The van der Waals surface area contributed by atoms with Crippen LogP contribution in [0.4, 0.5) is 5.69 Å². The number of hydrogen-bond donors (Lipinski definition) is 0. The van der Waals surface area contributed by atoms with Crippen LogP contribution in [0.1, 0.15) is 38.2 Å². The molecule has 0 radical (unpaired) electrons. The molecule has 0 amide bonds. The summed E-state index contributed by atoms with van der Waals surface area (Å²) in [5.74, 6) is 0.444. The Morgan fingerprint density at radius 1 is 1.35 bits per heavy atom. The Morgan fingerprint density at radius 3 is 2.53 bits per heavy atom.